The molecule has 2 aromatic heterocycles. The minimum atomic E-state index is 0.861. The fraction of sp³-hybridized carbons (Fsp3) is 0.462. The van der Waals surface area contributed by atoms with Crippen molar-refractivity contribution in [2.45, 2.75) is 26.7 Å². The molecule has 0 fully saturated rings. The molecule has 0 aliphatic heterocycles. The van der Waals surface area contributed by atoms with E-state index in [-0.39, 0.29) is 0 Å². The zero-order chi connectivity index (χ0) is 13.0. The van der Waals surface area contributed by atoms with Gasteiger partial charge in [0.25, 0.3) is 0 Å². The van der Waals surface area contributed by atoms with E-state index >= 15 is 0 Å². The predicted octanol–water partition coefficient (Wildman–Crippen LogP) is 2.26. The lowest BCUT2D eigenvalue weighted by molar-refractivity contribution is 0.768. The van der Waals surface area contributed by atoms with Crippen LogP contribution in [-0.2, 0) is 13.5 Å². The standard InChI is InChI=1S/C13H19N5/c1-4-6-11-12(10-7-17-18(3)8-10)15-9-16-13(11)14-5-2/h7-9H,4-6H2,1-3H3,(H,14,15,16). The highest BCUT2D eigenvalue weighted by Crippen LogP contribution is 2.26. The Morgan fingerprint density at radius 1 is 1.28 bits per heavy atom. The van der Waals surface area contributed by atoms with Crippen LogP contribution in [0.4, 0.5) is 5.82 Å². The van der Waals surface area contributed by atoms with Gasteiger partial charge in [0.2, 0.25) is 0 Å². The molecule has 2 heterocycles. The van der Waals surface area contributed by atoms with Crippen LogP contribution in [0.1, 0.15) is 25.8 Å². The molecule has 0 unspecified atom stereocenters. The quantitative estimate of drug-likeness (QED) is 0.878. The molecular weight excluding hydrogens is 226 g/mol. The van der Waals surface area contributed by atoms with Crippen LogP contribution in [-0.4, -0.2) is 26.3 Å². The summed E-state index contributed by atoms with van der Waals surface area (Å²) < 4.78 is 1.79. The van der Waals surface area contributed by atoms with E-state index in [9.17, 15) is 0 Å². The van der Waals surface area contributed by atoms with E-state index in [2.05, 4.69) is 34.2 Å². The second-order valence-electron chi connectivity index (χ2n) is 4.23. The number of rotatable bonds is 5. The van der Waals surface area contributed by atoms with E-state index in [1.165, 1.54) is 5.56 Å². The summed E-state index contributed by atoms with van der Waals surface area (Å²) >= 11 is 0. The summed E-state index contributed by atoms with van der Waals surface area (Å²) in [6, 6.07) is 0. The second kappa shape index (κ2) is 5.62. The van der Waals surface area contributed by atoms with E-state index in [0.717, 1.165) is 36.5 Å². The van der Waals surface area contributed by atoms with Crippen molar-refractivity contribution < 1.29 is 0 Å². The lowest BCUT2D eigenvalue weighted by Crippen LogP contribution is -2.06. The van der Waals surface area contributed by atoms with Gasteiger partial charge in [0.15, 0.2) is 0 Å². The number of nitrogens with zero attached hydrogens (tertiary/aromatic N) is 4. The minimum Gasteiger partial charge on any atom is -0.370 e. The van der Waals surface area contributed by atoms with Crippen LogP contribution < -0.4 is 5.32 Å². The van der Waals surface area contributed by atoms with Crippen molar-refractivity contribution in [1.82, 2.24) is 19.7 Å². The molecule has 0 aliphatic carbocycles. The van der Waals surface area contributed by atoms with Gasteiger partial charge in [0.1, 0.15) is 12.1 Å². The van der Waals surface area contributed by atoms with E-state index in [4.69, 9.17) is 0 Å². The highest BCUT2D eigenvalue weighted by Gasteiger charge is 2.13. The molecule has 0 spiro atoms. The molecule has 2 aromatic rings. The van der Waals surface area contributed by atoms with Gasteiger partial charge in [-0.1, -0.05) is 13.3 Å². The first-order chi connectivity index (χ1) is 8.76. The number of anilines is 1. The van der Waals surface area contributed by atoms with Crippen molar-refractivity contribution in [1.29, 1.82) is 0 Å². The number of hydrogen-bond acceptors (Lipinski definition) is 4. The van der Waals surface area contributed by atoms with Crippen molar-refractivity contribution in [3.63, 3.8) is 0 Å². The Kier molecular flexibility index (Phi) is 3.92. The van der Waals surface area contributed by atoms with Crippen LogP contribution in [0.2, 0.25) is 0 Å². The highest BCUT2D eigenvalue weighted by atomic mass is 15.2. The van der Waals surface area contributed by atoms with E-state index in [1.807, 2.05) is 19.4 Å². The molecule has 5 heteroatoms. The first-order valence-electron chi connectivity index (χ1n) is 6.33. The minimum absolute atomic E-state index is 0.861. The first kappa shape index (κ1) is 12.5. The molecule has 0 aliphatic rings. The Balaban J connectivity index is 2.48. The third-order valence-corrected chi connectivity index (χ3v) is 2.77. The van der Waals surface area contributed by atoms with Crippen LogP contribution in [0.3, 0.4) is 0 Å². The average Bonchev–Trinajstić information content (AvgIpc) is 2.78. The highest BCUT2D eigenvalue weighted by molar-refractivity contribution is 5.67. The van der Waals surface area contributed by atoms with Crippen molar-refractivity contribution >= 4 is 5.82 Å². The summed E-state index contributed by atoms with van der Waals surface area (Å²) in [5.41, 5.74) is 3.20. The molecule has 18 heavy (non-hydrogen) atoms. The predicted molar refractivity (Wildman–Crippen MR) is 72.4 cm³/mol. The third-order valence-electron chi connectivity index (χ3n) is 2.77. The molecule has 0 saturated heterocycles. The molecular formula is C13H19N5. The molecule has 0 atom stereocenters. The Hall–Kier alpha value is -1.91. The Bertz CT molecular complexity index is 518. The molecule has 0 aromatic carbocycles. The molecule has 0 amide bonds. The van der Waals surface area contributed by atoms with Crippen LogP contribution in [0.5, 0.6) is 0 Å². The Labute approximate surface area is 107 Å². The Morgan fingerprint density at radius 2 is 2.11 bits per heavy atom. The zero-order valence-electron chi connectivity index (χ0n) is 11.1. The molecule has 96 valence electrons. The van der Waals surface area contributed by atoms with Gasteiger partial charge in [0.05, 0.1) is 11.9 Å². The maximum atomic E-state index is 4.42. The molecule has 0 saturated carbocycles. The SMILES string of the molecule is CCCc1c(NCC)ncnc1-c1cnn(C)c1. The van der Waals surface area contributed by atoms with Gasteiger partial charge in [-0.25, -0.2) is 9.97 Å². The van der Waals surface area contributed by atoms with Crippen molar-refractivity contribution in [3.05, 3.63) is 24.3 Å². The number of aromatic nitrogens is 4. The lowest BCUT2D eigenvalue weighted by atomic mass is 10.1. The monoisotopic (exact) mass is 245 g/mol. The summed E-state index contributed by atoms with van der Waals surface area (Å²) in [6.07, 6.45) is 7.47. The van der Waals surface area contributed by atoms with Gasteiger partial charge < -0.3 is 5.32 Å². The maximum Gasteiger partial charge on any atom is 0.133 e. The van der Waals surface area contributed by atoms with Crippen LogP contribution >= 0.6 is 0 Å². The number of aryl methyl sites for hydroxylation is 1. The normalized spacial score (nSPS) is 10.6. The fourth-order valence-electron chi connectivity index (χ4n) is 2.01. The van der Waals surface area contributed by atoms with E-state index in [1.54, 1.807) is 11.0 Å². The van der Waals surface area contributed by atoms with Crippen molar-refractivity contribution in [2.24, 2.45) is 7.05 Å². The molecule has 2 rings (SSSR count). The van der Waals surface area contributed by atoms with Gasteiger partial charge in [-0.15, -0.1) is 0 Å². The molecule has 1 N–H and O–H groups in total. The summed E-state index contributed by atoms with van der Waals surface area (Å²) in [5, 5.41) is 7.51. The van der Waals surface area contributed by atoms with Crippen LogP contribution in [0.25, 0.3) is 11.3 Å². The summed E-state index contributed by atoms with van der Waals surface area (Å²) in [7, 11) is 1.91. The Morgan fingerprint density at radius 3 is 2.72 bits per heavy atom. The van der Waals surface area contributed by atoms with Gasteiger partial charge >= 0.3 is 0 Å². The van der Waals surface area contributed by atoms with Gasteiger partial charge in [-0.05, 0) is 13.3 Å². The van der Waals surface area contributed by atoms with Crippen LogP contribution in [0, 0.1) is 0 Å². The van der Waals surface area contributed by atoms with Crippen LogP contribution in [0.15, 0.2) is 18.7 Å². The summed E-state index contributed by atoms with van der Waals surface area (Å²) in [6.45, 7) is 5.09. The second-order valence-corrected chi connectivity index (χ2v) is 4.23. The molecule has 0 radical (unpaired) electrons. The molecule has 0 bridgehead atoms. The zero-order valence-corrected chi connectivity index (χ0v) is 11.1. The topological polar surface area (TPSA) is 55.6 Å². The van der Waals surface area contributed by atoms with Crippen molar-refractivity contribution in [2.75, 3.05) is 11.9 Å². The largest absolute Gasteiger partial charge is 0.370 e. The van der Waals surface area contributed by atoms with Gasteiger partial charge in [-0.3, -0.25) is 4.68 Å². The number of hydrogen-bond donors (Lipinski definition) is 1. The van der Waals surface area contributed by atoms with Gasteiger partial charge in [-0.2, -0.15) is 5.10 Å². The summed E-state index contributed by atoms with van der Waals surface area (Å²) in [4.78, 5) is 8.75. The average molecular weight is 245 g/mol. The fourth-order valence-corrected chi connectivity index (χ4v) is 2.01. The van der Waals surface area contributed by atoms with Gasteiger partial charge in [0, 0.05) is 30.9 Å². The lowest BCUT2D eigenvalue weighted by Gasteiger charge is -2.11. The smallest absolute Gasteiger partial charge is 0.133 e. The first-order valence-corrected chi connectivity index (χ1v) is 6.33. The number of nitrogens with one attached hydrogen (secondary N) is 1. The van der Waals surface area contributed by atoms with E-state index in [0.29, 0.717) is 0 Å². The summed E-state index contributed by atoms with van der Waals surface area (Å²) in [5.74, 6) is 0.938. The van der Waals surface area contributed by atoms with Crippen molar-refractivity contribution in [3.8, 4) is 11.3 Å². The maximum absolute atomic E-state index is 4.42. The third kappa shape index (κ3) is 2.50. The molecule has 5 nitrogen and oxygen atoms in total. The van der Waals surface area contributed by atoms with E-state index < -0.39 is 0 Å².